The molecule has 1 aliphatic rings. The quantitative estimate of drug-likeness (QED) is 0.282. The molecular formula is C29H31ClN4O5S. The standard InChI is InChI=1S/C29H31ClN4O5S/c1-33(2)14-5-15-34(40(3,38)39)23-11-9-22(10-12-23)31-28(20-7-4-6-19(16-20)17-26(35)36)27-24-13-8-21(30)18-25(24)32-29(27)37/h4,6-13,16,18,31H,5,14-15,17H2,1-3H3,(H,32,37)(H,35,36)/b28-27-. The molecule has 1 heterocycles. The SMILES string of the molecule is CN(C)CCCN(c1ccc(N/C(=C2\C(=O)Nc3cc(Cl)ccc32)c2cccc(CC(=O)O)c2)cc1)S(C)(=O)=O. The number of halogens is 1. The minimum absolute atomic E-state index is 0.168. The van der Waals surface area contributed by atoms with Gasteiger partial charge < -0.3 is 20.6 Å². The number of carbonyl (C=O) groups is 2. The van der Waals surface area contributed by atoms with E-state index in [0.29, 0.717) is 63.0 Å². The van der Waals surface area contributed by atoms with Crippen molar-refractivity contribution in [2.24, 2.45) is 0 Å². The molecule has 3 aromatic carbocycles. The van der Waals surface area contributed by atoms with Crippen molar-refractivity contribution in [1.29, 1.82) is 0 Å². The van der Waals surface area contributed by atoms with Crippen LogP contribution in [-0.4, -0.2) is 63.7 Å². The van der Waals surface area contributed by atoms with E-state index in [1.165, 1.54) is 10.6 Å². The predicted molar refractivity (Wildman–Crippen MR) is 160 cm³/mol. The summed E-state index contributed by atoms with van der Waals surface area (Å²) in [6.45, 7) is 1.09. The zero-order valence-corrected chi connectivity index (χ0v) is 24.0. The topological polar surface area (TPSA) is 119 Å². The third-order valence-corrected chi connectivity index (χ3v) is 7.77. The Kier molecular flexibility index (Phi) is 8.82. The summed E-state index contributed by atoms with van der Waals surface area (Å²) in [5, 5.41) is 16.0. The van der Waals surface area contributed by atoms with E-state index in [-0.39, 0.29) is 12.3 Å². The average Bonchev–Trinajstić information content (AvgIpc) is 3.19. The minimum atomic E-state index is -3.49. The number of carboxylic acid groups (broad SMARTS) is 1. The lowest BCUT2D eigenvalue weighted by Gasteiger charge is -2.24. The molecular weight excluding hydrogens is 552 g/mol. The number of nitrogens with zero attached hydrogens (tertiary/aromatic N) is 2. The first-order valence-corrected chi connectivity index (χ1v) is 14.8. The fraction of sp³-hybridized carbons (Fsp3) is 0.241. The molecule has 1 aliphatic heterocycles. The largest absolute Gasteiger partial charge is 0.481 e. The van der Waals surface area contributed by atoms with Gasteiger partial charge in [0, 0.05) is 22.8 Å². The maximum Gasteiger partial charge on any atom is 0.307 e. The molecule has 0 unspecified atom stereocenters. The molecule has 4 rings (SSSR count). The van der Waals surface area contributed by atoms with E-state index in [1.807, 2.05) is 19.0 Å². The van der Waals surface area contributed by atoms with Gasteiger partial charge in [-0.05, 0) is 80.7 Å². The number of sulfonamides is 1. The van der Waals surface area contributed by atoms with Crippen LogP contribution in [0.5, 0.6) is 0 Å². The molecule has 0 radical (unpaired) electrons. The van der Waals surface area contributed by atoms with Gasteiger partial charge in [0.1, 0.15) is 0 Å². The van der Waals surface area contributed by atoms with E-state index in [2.05, 4.69) is 10.6 Å². The van der Waals surface area contributed by atoms with Gasteiger partial charge in [-0.25, -0.2) is 8.42 Å². The molecule has 11 heteroatoms. The van der Waals surface area contributed by atoms with Gasteiger partial charge in [-0.1, -0.05) is 35.9 Å². The lowest BCUT2D eigenvalue weighted by atomic mass is 9.98. The number of amides is 1. The molecule has 40 heavy (non-hydrogen) atoms. The molecule has 210 valence electrons. The van der Waals surface area contributed by atoms with Gasteiger partial charge in [0.25, 0.3) is 5.91 Å². The number of hydrogen-bond donors (Lipinski definition) is 3. The lowest BCUT2D eigenvalue weighted by Crippen LogP contribution is -2.32. The van der Waals surface area contributed by atoms with Crippen LogP contribution < -0.4 is 14.9 Å². The summed E-state index contributed by atoms with van der Waals surface area (Å²) in [4.78, 5) is 26.5. The lowest BCUT2D eigenvalue weighted by molar-refractivity contribution is -0.136. The van der Waals surface area contributed by atoms with Crippen molar-refractivity contribution in [3.8, 4) is 0 Å². The number of nitrogens with one attached hydrogen (secondary N) is 2. The summed E-state index contributed by atoms with van der Waals surface area (Å²) in [7, 11) is 0.380. The summed E-state index contributed by atoms with van der Waals surface area (Å²) in [5.74, 6) is -1.29. The van der Waals surface area contributed by atoms with Crippen LogP contribution in [-0.2, 0) is 26.0 Å². The maximum absolute atomic E-state index is 13.2. The van der Waals surface area contributed by atoms with E-state index in [9.17, 15) is 23.1 Å². The Morgan fingerprint density at radius 3 is 2.40 bits per heavy atom. The first-order valence-electron chi connectivity index (χ1n) is 12.6. The monoisotopic (exact) mass is 582 g/mol. The Balaban J connectivity index is 1.74. The second-order valence-electron chi connectivity index (χ2n) is 9.83. The highest BCUT2D eigenvalue weighted by Gasteiger charge is 2.29. The van der Waals surface area contributed by atoms with Crippen molar-refractivity contribution in [2.45, 2.75) is 12.8 Å². The molecule has 0 saturated carbocycles. The van der Waals surface area contributed by atoms with Gasteiger partial charge in [-0.3, -0.25) is 13.9 Å². The number of carbonyl (C=O) groups excluding carboxylic acids is 1. The number of benzene rings is 3. The van der Waals surface area contributed by atoms with Crippen LogP contribution in [0.2, 0.25) is 5.02 Å². The van der Waals surface area contributed by atoms with E-state index < -0.39 is 16.0 Å². The molecule has 3 aromatic rings. The molecule has 0 spiro atoms. The molecule has 0 fully saturated rings. The van der Waals surface area contributed by atoms with Crippen molar-refractivity contribution < 1.29 is 23.1 Å². The molecule has 9 nitrogen and oxygen atoms in total. The Morgan fingerprint density at radius 1 is 1.02 bits per heavy atom. The number of rotatable bonds is 11. The van der Waals surface area contributed by atoms with Gasteiger partial charge in [-0.2, -0.15) is 0 Å². The number of anilines is 3. The molecule has 3 N–H and O–H groups in total. The van der Waals surface area contributed by atoms with Crippen LogP contribution in [0.1, 0.15) is 23.1 Å². The van der Waals surface area contributed by atoms with E-state index in [1.54, 1.807) is 66.7 Å². The summed E-state index contributed by atoms with van der Waals surface area (Å²) < 4.78 is 26.4. The number of aliphatic carboxylic acids is 1. The van der Waals surface area contributed by atoms with Crippen LogP contribution >= 0.6 is 11.6 Å². The third-order valence-electron chi connectivity index (χ3n) is 6.34. The Bertz CT molecular complexity index is 1570. The molecule has 0 atom stereocenters. The fourth-order valence-electron chi connectivity index (χ4n) is 4.56. The normalized spacial score (nSPS) is 14.1. The molecule has 0 aromatic heterocycles. The summed E-state index contributed by atoms with van der Waals surface area (Å²) in [5.41, 5.74) is 4.43. The number of carboxylic acids is 1. The average molecular weight is 583 g/mol. The zero-order valence-electron chi connectivity index (χ0n) is 22.4. The number of fused-ring (bicyclic) bond motifs is 1. The van der Waals surface area contributed by atoms with Gasteiger partial charge in [0.05, 0.1) is 35.3 Å². The van der Waals surface area contributed by atoms with Crippen LogP contribution in [0.25, 0.3) is 11.3 Å². The highest BCUT2D eigenvalue weighted by Crippen LogP contribution is 2.39. The van der Waals surface area contributed by atoms with Gasteiger partial charge in [-0.15, -0.1) is 0 Å². The summed E-state index contributed by atoms with van der Waals surface area (Å²) in [6, 6.07) is 19.0. The molecule has 1 amide bonds. The molecule has 0 bridgehead atoms. The second kappa shape index (κ2) is 12.1. The highest BCUT2D eigenvalue weighted by atomic mass is 35.5. The number of hydrogen-bond acceptors (Lipinski definition) is 6. The Hall–Kier alpha value is -3.86. The zero-order chi connectivity index (χ0) is 29.0. The van der Waals surface area contributed by atoms with Gasteiger partial charge >= 0.3 is 5.97 Å². The van der Waals surface area contributed by atoms with Crippen molar-refractivity contribution in [3.63, 3.8) is 0 Å². The molecule has 0 saturated heterocycles. The summed E-state index contributed by atoms with van der Waals surface area (Å²) in [6.07, 6.45) is 1.68. The van der Waals surface area contributed by atoms with Gasteiger partial charge in [0.15, 0.2) is 0 Å². The molecule has 0 aliphatic carbocycles. The Labute approximate surface area is 239 Å². The van der Waals surface area contributed by atoms with E-state index in [4.69, 9.17) is 11.6 Å². The fourth-order valence-corrected chi connectivity index (χ4v) is 5.69. The minimum Gasteiger partial charge on any atom is -0.481 e. The third kappa shape index (κ3) is 7.01. The predicted octanol–water partition coefficient (Wildman–Crippen LogP) is 4.62. The van der Waals surface area contributed by atoms with Gasteiger partial charge in [0.2, 0.25) is 10.0 Å². The van der Waals surface area contributed by atoms with Crippen LogP contribution in [0.15, 0.2) is 66.7 Å². The van der Waals surface area contributed by atoms with Crippen molar-refractivity contribution >= 4 is 61.8 Å². The van der Waals surface area contributed by atoms with Crippen LogP contribution in [0.3, 0.4) is 0 Å². The van der Waals surface area contributed by atoms with Crippen LogP contribution in [0.4, 0.5) is 17.1 Å². The first-order chi connectivity index (χ1) is 18.9. The summed E-state index contributed by atoms with van der Waals surface area (Å²) >= 11 is 6.15. The van der Waals surface area contributed by atoms with E-state index >= 15 is 0 Å². The maximum atomic E-state index is 13.2. The van der Waals surface area contributed by atoms with Crippen molar-refractivity contribution in [3.05, 3.63) is 88.4 Å². The van der Waals surface area contributed by atoms with Crippen LogP contribution in [0, 0.1) is 0 Å². The highest BCUT2D eigenvalue weighted by molar-refractivity contribution is 7.92. The van der Waals surface area contributed by atoms with Crippen molar-refractivity contribution in [2.75, 3.05) is 48.4 Å². The Morgan fingerprint density at radius 2 is 1.75 bits per heavy atom. The smallest absolute Gasteiger partial charge is 0.307 e. The van der Waals surface area contributed by atoms with E-state index in [0.717, 1.165) is 6.54 Å². The van der Waals surface area contributed by atoms with Crippen molar-refractivity contribution in [1.82, 2.24) is 4.90 Å². The second-order valence-corrected chi connectivity index (χ2v) is 12.2. The first kappa shape index (κ1) is 29.1.